The maximum absolute atomic E-state index is 5.66. The first kappa shape index (κ1) is 12.4. The summed E-state index contributed by atoms with van der Waals surface area (Å²) in [5, 5.41) is 0. The van der Waals surface area contributed by atoms with Gasteiger partial charge in [0.15, 0.2) is 0 Å². The number of anilines is 1. The van der Waals surface area contributed by atoms with Gasteiger partial charge in [-0.3, -0.25) is 0 Å². The van der Waals surface area contributed by atoms with Crippen molar-refractivity contribution in [2.45, 2.75) is 33.2 Å². The van der Waals surface area contributed by atoms with Crippen molar-refractivity contribution in [2.24, 2.45) is 17.6 Å². The summed E-state index contributed by atoms with van der Waals surface area (Å²) in [6, 6.07) is 4.11. The Kier molecular flexibility index (Phi) is 4.00. The molecule has 0 radical (unpaired) electrons. The molecule has 0 aromatic carbocycles. The lowest BCUT2D eigenvalue weighted by Gasteiger charge is -2.34. The molecule has 0 spiro atoms. The Morgan fingerprint density at radius 2 is 2.12 bits per heavy atom. The van der Waals surface area contributed by atoms with Crippen LogP contribution in [0.25, 0.3) is 0 Å². The molecule has 1 fully saturated rings. The second kappa shape index (κ2) is 5.50. The van der Waals surface area contributed by atoms with Crippen molar-refractivity contribution in [2.75, 3.05) is 18.0 Å². The molecule has 3 nitrogen and oxygen atoms in total. The Morgan fingerprint density at radius 3 is 2.71 bits per heavy atom. The van der Waals surface area contributed by atoms with Crippen LogP contribution in [0.2, 0.25) is 0 Å². The largest absolute Gasteiger partial charge is 0.357 e. The van der Waals surface area contributed by atoms with Crippen LogP contribution in [0.4, 0.5) is 5.82 Å². The number of nitrogens with two attached hydrogens (primary N) is 1. The zero-order valence-corrected chi connectivity index (χ0v) is 10.9. The third kappa shape index (κ3) is 2.97. The van der Waals surface area contributed by atoms with E-state index in [4.69, 9.17) is 5.73 Å². The van der Waals surface area contributed by atoms with Crippen LogP contribution in [0.1, 0.15) is 32.3 Å². The van der Waals surface area contributed by atoms with Gasteiger partial charge in [0.25, 0.3) is 0 Å². The van der Waals surface area contributed by atoms with Gasteiger partial charge in [0.05, 0.1) is 0 Å². The minimum atomic E-state index is 0.595. The van der Waals surface area contributed by atoms with Gasteiger partial charge in [-0.05, 0) is 42.4 Å². The molecule has 1 aliphatic heterocycles. The van der Waals surface area contributed by atoms with Gasteiger partial charge in [-0.1, -0.05) is 13.8 Å². The van der Waals surface area contributed by atoms with Gasteiger partial charge < -0.3 is 10.6 Å². The fourth-order valence-corrected chi connectivity index (χ4v) is 2.56. The van der Waals surface area contributed by atoms with E-state index in [1.54, 1.807) is 0 Å². The van der Waals surface area contributed by atoms with Gasteiger partial charge >= 0.3 is 0 Å². The molecule has 0 unspecified atom stereocenters. The molecule has 3 heteroatoms. The molecular formula is C14H23N3. The summed E-state index contributed by atoms with van der Waals surface area (Å²) in [5.41, 5.74) is 6.83. The predicted molar refractivity (Wildman–Crippen MR) is 71.9 cm³/mol. The second-order valence-corrected chi connectivity index (χ2v) is 5.29. The molecule has 0 atom stereocenters. The molecule has 2 heterocycles. The number of rotatable bonds is 3. The Labute approximate surface area is 104 Å². The lowest BCUT2D eigenvalue weighted by molar-refractivity contribution is 0.310. The van der Waals surface area contributed by atoms with E-state index in [-0.39, 0.29) is 0 Å². The number of aromatic nitrogens is 1. The highest BCUT2D eigenvalue weighted by molar-refractivity contribution is 5.41. The lowest BCUT2D eigenvalue weighted by atomic mass is 9.87. The summed E-state index contributed by atoms with van der Waals surface area (Å²) in [6.07, 6.45) is 4.43. The lowest BCUT2D eigenvalue weighted by Crippen LogP contribution is -2.35. The maximum atomic E-state index is 5.66. The van der Waals surface area contributed by atoms with E-state index in [0.29, 0.717) is 6.54 Å². The maximum Gasteiger partial charge on any atom is 0.128 e. The van der Waals surface area contributed by atoms with Crippen LogP contribution in [-0.4, -0.2) is 18.1 Å². The van der Waals surface area contributed by atoms with Gasteiger partial charge in [0, 0.05) is 25.8 Å². The van der Waals surface area contributed by atoms with Gasteiger partial charge in [0.1, 0.15) is 5.82 Å². The van der Waals surface area contributed by atoms with Crippen molar-refractivity contribution in [3.05, 3.63) is 23.9 Å². The van der Waals surface area contributed by atoms with Gasteiger partial charge in [-0.15, -0.1) is 0 Å². The third-order valence-corrected chi connectivity index (χ3v) is 3.85. The summed E-state index contributed by atoms with van der Waals surface area (Å²) in [6.45, 7) is 7.51. The molecule has 2 N–H and O–H groups in total. The quantitative estimate of drug-likeness (QED) is 0.871. The SMILES string of the molecule is CC(C)C1CCN(c2cc(CN)ccn2)CC1. The Hall–Kier alpha value is -1.09. The first-order chi connectivity index (χ1) is 8.20. The van der Waals surface area contributed by atoms with Gasteiger partial charge in [-0.2, -0.15) is 0 Å². The minimum absolute atomic E-state index is 0.595. The van der Waals surface area contributed by atoms with E-state index in [9.17, 15) is 0 Å². The average Bonchev–Trinajstić information content (AvgIpc) is 2.39. The Morgan fingerprint density at radius 1 is 1.41 bits per heavy atom. The molecule has 0 amide bonds. The van der Waals surface area contributed by atoms with Crippen LogP contribution in [0.3, 0.4) is 0 Å². The van der Waals surface area contributed by atoms with Gasteiger partial charge in [0.2, 0.25) is 0 Å². The highest BCUT2D eigenvalue weighted by Gasteiger charge is 2.22. The van der Waals surface area contributed by atoms with E-state index in [1.165, 1.54) is 18.4 Å². The van der Waals surface area contributed by atoms with Crippen LogP contribution in [0.15, 0.2) is 18.3 Å². The van der Waals surface area contributed by atoms with Crippen molar-refractivity contribution in [3.63, 3.8) is 0 Å². The Balaban J connectivity index is 2.00. The number of nitrogens with zero attached hydrogens (tertiary/aromatic N) is 2. The molecule has 94 valence electrons. The van der Waals surface area contributed by atoms with E-state index < -0.39 is 0 Å². The number of hydrogen-bond acceptors (Lipinski definition) is 3. The van der Waals surface area contributed by atoms with Crippen molar-refractivity contribution in [1.29, 1.82) is 0 Å². The van der Waals surface area contributed by atoms with E-state index >= 15 is 0 Å². The van der Waals surface area contributed by atoms with Crippen molar-refractivity contribution in [3.8, 4) is 0 Å². The average molecular weight is 233 g/mol. The van der Waals surface area contributed by atoms with Crippen molar-refractivity contribution in [1.82, 2.24) is 4.98 Å². The molecule has 17 heavy (non-hydrogen) atoms. The molecule has 0 bridgehead atoms. The predicted octanol–water partition coefficient (Wildman–Crippen LogP) is 2.41. The summed E-state index contributed by atoms with van der Waals surface area (Å²) in [4.78, 5) is 6.84. The van der Waals surface area contributed by atoms with E-state index in [2.05, 4.69) is 29.8 Å². The fourth-order valence-electron chi connectivity index (χ4n) is 2.56. The normalized spacial score (nSPS) is 17.8. The zero-order valence-electron chi connectivity index (χ0n) is 10.9. The molecule has 1 aromatic heterocycles. The molecule has 1 aromatic rings. The molecule has 1 aliphatic rings. The van der Waals surface area contributed by atoms with Crippen molar-refractivity contribution < 1.29 is 0 Å². The van der Waals surface area contributed by atoms with E-state index in [0.717, 1.165) is 30.7 Å². The van der Waals surface area contributed by atoms with Crippen LogP contribution >= 0.6 is 0 Å². The summed E-state index contributed by atoms with van der Waals surface area (Å²) < 4.78 is 0. The molecule has 0 saturated carbocycles. The first-order valence-corrected chi connectivity index (χ1v) is 6.60. The summed E-state index contributed by atoms with van der Waals surface area (Å²) in [7, 11) is 0. The summed E-state index contributed by atoms with van der Waals surface area (Å²) in [5.74, 6) is 2.78. The van der Waals surface area contributed by atoms with Crippen LogP contribution in [0, 0.1) is 11.8 Å². The molecule has 1 saturated heterocycles. The highest BCUT2D eigenvalue weighted by Crippen LogP contribution is 2.27. The third-order valence-electron chi connectivity index (χ3n) is 3.85. The fraction of sp³-hybridized carbons (Fsp3) is 0.643. The summed E-state index contributed by atoms with van der Waals surface area (Å²) >= 11 is 0. The van der Waals surface area contributed by atoms with Gasteiger partial charge in [-0.25, -0.2) is 4.98 Å². The Bertz CT molecular complexity index is 354. The van der Waals surface area contributed by atoms with Crippen molar-refractivity contribution >= 4 is 5.82 Å². The zero-order chi connectivity index (χ0) is 12.3. The molecular weight excluding hydrogens is 210 g/mol. The van der Waals surface area contributed by atoms with Crippen LogP contribution in [-0.2, 0) is 6.54 Å². The highest BCUT2D eigenvalue weighted by atomic mass is 15.2. The number of hydrogen-bond donors (Lipinski definition) is 1. The van der Waals surface area contributed by atoms with Crippen LogP contribution < -0.4 is 10.6 Å². The standard InChI is InChI=1S/C14H23N3/c1-11(2)13-4-7-17(8-5-13)14-9-12(10-15)3-6-16-14/h3,6,9,11,13H,4-5,7-8,10,15H2,1-2H3. The minimum Gasteiger partial charge on any atom is -0.357 e. The smallest absolute Gasteiger partial charge is 0.128 e. The number of pyridine rings is 1. The second-order valence-electron chi connectivity index (χ2n) is 5.29. The molecule has 0 aliphatic carbocycles. The monoisotopic (exact) mass is 233 g/mol. The first-order valence-electron chi connectivity index (χ1n) is 6.60. The molecule has 2 rings (SSSR count). The number of piperidine rings is 1. The van der Waals surface area contributed by atoms with E-state index in [1.807, 2.05) is 12.3 Å². The van der Waals surface area contributed by atoms with Crippen LogP contribution in [0.5, 0.6) is 0 Å². The topological polar surface area (TPSA) is 42.1 Å².